The Morgan fingerprint density at radius 2 is 1.76 bits per heavy atom. The highest BCUT2D eigenvalue weighted by atomic mass is 14.9. The molecule has 17 heavy (non-hydrogen) atoms. The molecule has 0 radical (unpaired) electrons. The minimum atomic E-state index is 0.537. The minimum Gasteiger partial charge on any atom is -0.329 e. The summed E-state index contributed by atoms with van der Waals surface area (Å²) in [5, 5.41) is 3.77. The maximum atomic E-state index is 5.91. The predicted molar refractivity (Wildman–Crippen MR) is 73.9 cm³/mol. The van der Waals surface area contributed by atoms with Gasteiger partial charge in [0.2, 0.25) is 0 Å². The summed E-state index contributed by atoms with van der Waals surface area (Å²) in [6.07, 6.45) is 8.52. The summed E-state index contributed by atoms with van der Waals surface area (Å²) >= 11 is 0. The van der Waals surface area contributed by atoms with Crippen molar-refractivity contribution in [2.45, 2.75) is 58.4 Å². The van der Waals surface area contributed by atoms with Gasteiger partial charge < -0.3 is 11.1 Å². The molecular formula is C15H30N2. The third kappa shape index (κ3) is 3.96. The average molecular weight is 238 g/mol. The molecule has 0 heterocycles. The van der Waals surface area contributed by atoms with Gasteiger partial charge in [-0.25, -0.2) is 0 Å². The lowest BCUT2D eigenvalue weighted by Gasteiger charge is -2.26. The Bertz CT molecular complexity index is 209. The van der Waals surface area contributed by atoms with Gasteiger partial charge in [0.05, 0.1) is 0 Å². The van der Waals surface area contributed by atoms with Gasteiger partial charge in [-0.1, -0.05) is 20.3 Å². The topological polar surface area (TPSA) is 38.0 Å². The van der Waals surface area contributed by atoms with Gasteiger partial charge in [0.1, 0.15) is 0 Å². The van der Waals surface area contributed by atoms with Crippen LogP contribution < -0.4 is 11.1 Å². The molecule has 0 spiro atoms. The maximum Gasteiger partial charge on any atom is 0.0215 e. The van der Waals surface area contributed by atoms with E-state index in [2.05, 4.69) is 19.2 Å². The van der Waals surface area contributed by atoms with E-state index in [4.69, 9.17) is 5.73 Å². The van der Waals surface area contributed by atoms with Crippen LogP contribution in [0.15, 0.2) is 0 Å². The van der Waals surface area contributed by atoms with E-state index in [-0.39, 0.29) is 0 Å². The van der Waals surface area contributed by atoms with E-state index in [1.165, 1.54) is 45.1 Å². The molecule has 0 amide bonds. The van der Waals surface area contributed by atoms with Crippen LogP contribution in [0.1, 0.15) is 52.4 Å². The normalized spacial score (nSPS) is 24.0. The Balaban J connectivity index is 1.73. The number of rotatable bonds is 9. The molecule has 3 N–H and O–H groups in total. The summed E-state index contributed by atoms with van der Waals surface area (Å²) in [4.78, 5) is 0. The van der Waals surface area contributed by atoms with E-state index in [0.717, 1.165) is 30.2 Å². The highest BCUT2D eigenvalue weighted by molar-refractivity contribution is 4.93. The molecule has 2 fully saturated rings. The third-order valence-electron chi connectivity index (χ3n) is 4.76. The molecular weight excluding hydrogens is 208 g/mol. The number of nitrogens with one attached hydrogen (secondary N) is 1. The first kappa shape index (κ1) is 13.4. The Kier molecular flexibility index (Phi) is 4.87. The standard InChI is InChI=1S/C15H30N2/c1-3-4-11(2)15(9-16)17-10-14(12-5-6-12)13-7-8-13/h11-15,17H,3-10,16H2,1-2H3. The molecule has 0 aromatic rings. The fourth-order valence-corrected chi connectivity index (χ4v) is 3.23. The second kappa shape index (κ2) is 6.19. The largest absolute Gasteiger partial charge is 0.329 e. The quantitative estimate of drug-likeness (QED) is 0.648. The smallest absolute Gasteiger partial charge is 0.0215 e. The zero-order chi connectivity index (χ0) is 12.3. The highest BCUT2D eigenvalue weighted by Gasteiger charge is 2.41. The van der Waals surface area contributed by atoms with Crippen molar-refractivity contribution < 1.29 is 0 Å². The lowest BCUT2D eigenvalue weighted by molar-refractivity contribution is 0.305. The average Bonchev–Trinajstić information content (AvgIpc) is 3.17. The molecule has 0 saturated heterocycles. The molecule has 2 unspecified atom stereocenters. The summed E-state index contributed by atoms with van der Waals surface area (Å²) in [5.41, 5.74) is 5.91. The Labute approximate surface area is 107 Å². The number of hydrogen-bond donors (Lipinski definition) is 2. The van der Waals surface area contributed by atoms with E-state index < -0.39 is 0 Å². The van der Waals surface area contributed by atoms with Gasteiger partial charge in [0.15, 0.2) is 0 Å². The number of nitrogens with two attached hydrogens (primary N) is 1. The molecule has 2 aliphatic carbocycles. The molecule has 2 saturated carbocycles. The minimum absolute atomic E-state index is 0.537. The fraction of sp³-hybridized carbons (Fsp3) is 1.00. The monoisotopic (exact) mass is 238 g/mol. The fourth-order valence-electron chi connectivity index (χ4n) is 3.23. The van der Waals surface area contributed by atoms with Crippen LogP contribution in [0, 0.1) is 23.7 Å². The highest BCUT2D eigenvalue weighted by Crippen LogP contribution is 2.48. The van der Waals surface area contributed by atoms with E-state index >= 15 is 0 Å². The molecule has 2 rings (SSSR count). The lowest BCUT2D eigenvalue weighted by atomic mass is 9.94. The van der Waals surface area contributed by atoms with Crippen LogP contribution in [0.4, 0.5) is 0 Å². The van der Waals surface area contributed by atoms with Gasteiger partial charge in [-0.3, -0.25) is 0 Å². The predicted octanol–water partition coefficient (Wildman–Crippen LogP) is 2.78. The zero-order valence-electron chi connectivity index (χ0n) is 11.6. The summed E-state index contributed by atoms with van der Waals surface area (Å²) in [5.74, 6) is 3.80. The van der Waals surface area contributed by atoms with Gasteiger partial charge in [0.25, 0.3) is 0 Å². The summed E-state index contributed by atoms with van der Waals surface area (Å²) in [6.45, 7) is 6.63. The molecule has 2 aliphatic rings. The van der Waals surface area contributed by atoms with Gasteiger partial charge >= 0.3 is 0 Å². The van der Waals surface area contributed by atoms with E-state index in [9.17, 15) is 0 Å². The molecule has 100 valence electrons. The van der Waals surface area contributed by atoms with Gasteiger partial charge in [-0.05, 0) is 62.3 Å². The van der Waals surface area contributed by atoms with E-state index in [0.29, 0.717) is 6.04 Å². The second-order valence-corrected chi connectivity index (χ2v) is 6.36. The molecule has 0 aliphatic heterocycles. The summed E-state index contributed by atoms with van der Waals surface area (Å²) < 4.78 is 0. The van der Waals surface area contributed by atoms with Gasteiger partial charge in [0, 0.05) is 12.6 Å². The Hall–Kier alpha value is -0.0800. The van der Waals surface area contributed by atoms with Crippen LogP contribution in [0.3, 0.4) is 0 Å². The first-order chi connectivity index (χ1) is 8.26. The molecule has 0 aromatic carbocycles. The van der Waals surface area contributed by atoms with Crippen LogP contribution in [0.5, 0.6) is 0 Å². The van der Waals surface area contributed by atoms with E-state index in [1.54, 1.807) is 0 Å². The van der Waals surface area contributed by atoms with Crippen molar-refractivity contribution in [2.24, 2.45) is 29.4 Å². The first-order valence-electron chi connectivity index (χ1n) is 7.69. The molecule has 2 atom stereocenters. The maximum absolute atomic E-state index is 5.91. The van der Waals surface area contributed by atoms with Crippen molar-refractivity contribution in [3.8, 4) is 0 Å². The second-order valence-electron chi connectivity index (χ2n) is 6.36. The van der Waals surface area contributed by atoms with Crippen molar-refractivity contribution in [1.82, 2.24) is 5.32 Å². The van der Waals surface area contributed by atoms with Crippen LogP contribution in [0.2, 0.25) is 0 Å². The van der Waals surface area contributed by atoms with Gasteiger partial charge in [-0.15, -0.1) is 0 Å². The lowest BCUT2D eigenvalue weighted by Crippen LogP contribution is -2.43. The molecule has 2 nitrogen and oxygen atoms in total. The van der Waals surface area contributed by atoms with Crippen LogP contribution in [-0.2, 0) is 0 Å². The van der Waals surface area contributed by atoms with Gasteiger partial charge in [-0.2, -0.15) is 0 Å². The summed E-state index contributed by atoms with van der Waals surface area (Å²) in [6, 6.07) is 0.537. The summed E-state index contributed by atoms with van der Waals surface area (Å²) in [7, 11) is 0. The zero-order valence-corrected chi connectivity index (χ0v) is 11.6. The third-order valence-corrected chi connectivity index (χ3v) is 4.76. The van der Waals surface area contributed by atoms with Crippen molar-refractivity contribution >= 4 is 0 Å². The van der Waals surface area contributed by atoms with Crippen molar-refractivity contribution in [3.63, 3.8) is 0 Å². The Morgan fingerprint density at radius 1 is 1.18 bits per heavy atom. The van der Waals surface area contributed by atoms with Crippen LogP contribution in [-0.4, -0.2) is 19.1 Å². The Morgan fingerprint density at radius 3 is 2.18 bits per heavy atom. The van der Waals surface area contributed by atoms with Crippen LogP contribution >= 0.6 is 0 Å². The first-order valence-corrected chi connectivity index (χ1v) is 7.69. The van der Waals surface area contributed by atoms with Crippen LogP contribution in [0.25, 0.3) is 0 Å². The van der Waals surface area contributed by atoms with Crippen molar-refractivity contribution in [3.05, 3.63) is 0 Å². The SMILES string of the molecule is CCCC(C)C(CN)NCC(C1CC1)C1CC1. The molecule has 0 bridgehead atoms. The van der Waals surface area contributed by atoms with Crippen molar-refractivity contribution in [2.75, 3.05) is 13.1 Å². The molecule has 0 aromatic heterocycles. The molecule has 2 heteroatoms. The van der Waals surface area contributed by atoms with E-state index in [1.807, 2.05) is 0 Å². The van der Waals surface area contributed by atoms with Crippen molar-refractivity contribution in [1.29, 1.82) is 0 Å². The number of hydrogen-bond acceptors (Lipinski definition) is 2.